The van der Waals surface area contributed by atoms with Crippen molar-refractivity contribution in [1.29, 1.82) is 0 Å². The van der Waals surface area contributed by atoms with Crippen molar-refractivity contribution < 1.29 is 14.0 Å². The van der Waals surface area contributed by atoms with Crippen molar-refractivity contribution in [2.45, 2.75) is 12.5 Å². The molecule has 27 heavy (non-hydrogen) atoms. The fourth-order valence-electron chi connectivity index (χ4n) is 3.46. The Balaban J connectivity index is 1.65. The van der Waals surface area contributed by atoms with Gasteiger partial charge in [-0.25, -0.2) is 19.2 Å². The fourth-order valence-corrected chi connectivity index (χ4v) is 3.46. The molecule has 2 aliphatic heterocycles. The molecule has 8 nitrogen and oxygen atoms in total. The van der Waals surface area contributed by atoms with E-state index in [0.717, 1.165) is 25.2 Å². The number of rotatable bonds is 4. The summed E-state index contributed by atoms with van der Waals surface area (Å²) in [6, 6.07) is 8.28. The highest BCUT2D eigenvalue weighted by Gasteiger charge is 2.40. The molecule has 2 N–H and O–H groups in total. The lowest BCUT2D eigenvalue weighted by atomic mass is 10.1. The van der Waals surface area contributed by atoms with Gasteiger partial charge >= 0.3 is 6.03 Å². The second-order valence-electron chi connectivity index (χ2n) is 6.39. The van der Waals surface area contributed by atoms with E-state index in [4.69, 9.17) is 0 Å². The standard InChI is InChI=1S/C18H19FN6O2/c19-7-9-21-17(26)13-4-5-14-16(22-13)25(12-6-10-24(14)11-12)18(27)23-15-3-1-2-8-20-15/h1-5,8,12H,6-7,9-11H2,(H,21,26)(H,20,23,27)/t12-/m0/s1. The summed E-state index contributed by atoms with van der Waals surface area (Å²) in [7, 11) is 0. The van der Waals surface area contributed by atoms with Crippen LogP contribution in [0.5, 0.6) is 0 Å². The molecule has 0 aliphatic carbocycles. The maximum absolute atomic E-state index is 12.9. The van der Waals surface area contributed by atoms with E-state index in [1.54, 1.807) is 41.4 Å². The third-order valence-corrected chi connectivity index (χ3v) is 4.68. The second-order valence-corrected chi connectivity index (χ2v) is 6.39. The number of anilines is 3. The number of alkyl halides is 1. The first kappa shape index (κ1) is 17.2. The third kappa shape index (κ3) is 3.27. The highest BCUT2D eigenvalue weighted by molar-refractivity contribution is 6.05. The van der Waals surface area contributed by atoms with Crippen LogP contribution in [0.2, 0.25) is 0 Å². The minimum atomic E-state index is -0.648. The van der Waals surface area contributed by atoms with Gasteiger partial charge in [0.2, 0.25) is 0 Å². The lowest BCUT2D eigenvalue weighted by Crippen LogP contribution is -2.48. The van der Waals surface area contributed by atoms with E-state index in [-0.39, 0.29) is 24.3 Å². The molecule has 2 aromatic heterocycles. The molecule has 140 valence electrons. The molecule has 3 amide bonds. The van der Waals surface area contributed by atoms with Crippen molar-refractivity contribution in [2.75, 3.05) is 41.4 Å². The number of pyridine rings is 2. The molecule has 0 saturated carbocycles. The molecule has 1 saturated heterocycles. The first-order chi connectivity index (χ1) is 13.2. The second kappa shape index (κ2) is 7.18. The SMILES string of the molecule is O=C(NCCF)c1ccc2c(n1)N(C(=O)Nc1ccccn1)[C@H]1CCN2C1. The normalized spacial score (nSPS) is 17.4. The van der Waals surface area contributed by atoms with E-state index in [2.05, 4.69) is 25.5 Å². The zero-order valence-electron chi connectivity index (χ0n) is 14.6. The lowest BCUT2D eigenvalue weighted by molar-refractivity contribution is 0.0946. The number of carbonyl (C=O) groups is 2. The van der Waals surface area contributed by atoms with Gasteiger partial charge in [0, 0.05) is 25.8 Å². The van der Waals surface area contributed by atoms with Crippen LogP contribution < -0.4 is 20.4 Å². The average molecular weight is 370 g/mol. The number of nitrogens with zero attached hydrogens (tertiary/aromatic N) is 4. The number of fused-ring (bicyclic) bond motifs is 4. The maximum Gasteiger partial charge on any atom is 0.329 e. The summed E-state index contributed by atoms with van der Waals surface area (Å²) in [5.74, 6) is 0.417. The molecule has 0 aromatic carbocycles. The van der Waals surface area contributed by atoms with Crippen LogP contribution >= 0.6 is 0 Å². The predicted octanol–water partition coefficient (Wildman–Crippen LogP) is 1.81. The number of carbonyl (C=O) groups excluding carboxylic acids is 2. The highest BCUT2D eigenvalue weighted by Crippen LogP contribution is 2.39. The van der Waals surface area contributed by atoms with Gasteiger partial charge in [0.05, 0.1) is 11.7 Å². The Morgan fingerprint density at radius 3 is 2.93 bits per heavy atom. The summed E-state index contributed by atoms with van der Waals surface area (Å²) in [4.78, 5) is 37.4. The van der Waals surface area contributed by atoms with Crippen molar-refractivity contribution in [3.63, 3.8) is 0 Å². The van der Waals surface area contributed by atoms with Gasteiger partial charge in [0.1, 0.15) is 18.2 Å². The van der Waals surface area contributed by atoms with E-state index < -0.39 is 12.6 Å². The quantitative estimate of drug-likeness (QED) is 0.857. The lowest BCUT2D eigenvalue weighted by Gasteiger charge is -2.35. The van der Waals surface area contributed by atoms with Gasteiger partial charge in [-0.3, -0.25) is 15.0 Å². The van der Waals surface area contributed by atoms with E-state index in [1.807, 2.05) is 0 Å². The Morgan fingerprint density at radius 1 is 1.26 bits per heavy atom. The van der Waals surface area contributed by atoms with Crippen LogP contribution in [0.3, 0.4) is 0 Å². The molecule has 2 aliphatic rings. The molecule has 4 heterocycles. The van der Waals surface area contributed by atoms with Gasteiger partial charge in [-0.2, -0.15) is 0 Å². The van der Waals surface area contributed by atoms with E-state index >= 15 is 0 Å². The molecule has 4 rings (SSSR count). The molecule has 2 aromatic rings. The average Bonchev–Trinajstić information content (AvgIpc) is 3.11. The smallest absolute Gasteiger partial charge is 0.329 e. The van der Waals surface area contributed by atoms with Crippen LogP contribution in [0.25, 0.3) is 0 Å². The van der Waals surface area contributed by atoms with Crippen molar-refractivity contribution in [3.8, 4) is 0 Å². The molecule has 0 unspecified atom stereocenters. The Morgan fingerprint density at radius 2 is 2.15 bits per heavy atom. The maximum atomic E-state index is 12.9. The molecule has 0 spiro atoms. The van der Waals surface area contributed by atoms with Crippen LogP contribution in [0, 0.1) is 0 Å². The topological polar surface area (TPSA) is 90.5 Å². The van der Waals surface area contributed by atoms with Crippen LogP contribution in [0.15, 0.2) is 36.5 Å². The van der Waals surface area contributed by atoms with E-state index in [0.29, 0.717) is 11.6 Å². The Labute approximate surface area is 155 Å². The molecule has 2 bridgehead atoms. The van der Waals surface area contributed by atoms with Crippen molar-refractivity contribution in [1.82, 2.24) is 15.3 Å². The molecule has 1 fully saturated rings. The first-order valence-corrected chi connectivity index (χ1v) is 8.79. The van der Waals surface area contributed by atoms with Gasteiger partial charge in [0.15, 0.2) is 5.82 Å². The number of hydrogen-bond acceptors (Lipinski definition) is 5. The van der Waals surface area contributed by atoms with Gasteiger partial charge in [0.25, 0.3) is 5.91 Å². The molecule has 9 heteroatoms. The monoisotopic (exact) mass is 370 g/mol. The number of halogens is 1. The largest absolute Gasteiger partial charge is 0.366 e. The zero-order valence-corrected chi connectivity index (χ0v) is 14.6. The summed E-state index contributed by atoms with van der Waals surface area (Å²) < 4.78 is 12.3. The highest BCUT2D eigenvalue weighted by atomic mass is 19.1. The third-order valence-electron chi connectivity index (χ3n) is 4.68. The summed E-state index contributed by atoms with van der Waals surface area (Å²) in [6.45, 7) is 0.819. The van der Waals surface area contributed by atoms with Crippen molar-refractivity contribution in [2.24, 2.45) is 0 Å². The summed E-state index contributed by atoms with van der Waals surface area (Å²) in [6.07, 6.45) is 2.41. The van der Waals surface area contributed by atoms with Gasteiger partial charge in [-0.05, 0) is 30.7 Å². The summed E-state index contributed by atoms with van der Waals surface area (Å²) >= 11 is 0. The van der Waals surface area contributed by atoms with Crippen LogP contribution in [-0.4, -0.2) is 54.3 Å². The van der Waals surface area contributed by atoms with Crippen LogP contribution in [-0.2, 0) is 0 Å². The van der Waals surface area contributed by atoms with E-state index in [1.165, 1.54) is 0 Å². The predicted molar refractivity (Wildman–Crippen MR) is 98.9 cm³/mol. The Hall–Kier alpha value is -3.23. The fraction of sp³-hybridized carbons (Fsp3) is 0.333. The minimum Gasteiger partial charge on any atom is -0.366 e. The van der Waals surface area contributed by atoms with E-state index in [9.17, 15) is 14.0 Å². The summed E-state index contributed by atoms with van der Waals surface area (Å²) in [5.41, 5.74) is 0.960. The number of amides is 3. The first-order valence-electron chi connectivity index (χ1n) is 8.79. The van der Waals surface area contributed by atoms with Gasteiger partial charge in [-0.15, -0.1) is 0 Å². The van der Waals surface area contributed by atoms with Gasteiger partial charge < -0.3 is 10.2 Å². The van der Waals surface area contributed by atoms with Crippen LogP contribution in [0.1, 0.15) is 16.9 Å². The van der Waals surface area contributed by atoms with Crippen molar-refractivity contribution in [3.05, 3.63) is 42.2 Å². The molecular weight excluding hydrogens is 351 g/mol. The molecule has 0 radical (unpaired) electrons. The van der Waals surface area contributed by atoms with Crippen molar-refractivity contribution >= 4 is 29.3 Å². The van der Waals surface area contributed by atoms with Gasteiger partial charge in [-0.1, -0.05) is 6.07 Å². The van der Waals surface area contributed by atoms with Crippen LogP contribution in [0.4, 0.5) is 26.5 Å². The molecule has 1 atom stereocenters. The number of aromatic nitrogens is 2. The Kier molecular flexibility index (Phi) is 4.57. The molecular formula is C18H19FN6O2. The Bertz CT molecular complexity index is 862. The number of urea groups is 1. The zero-order chi connectivity index (χ0) is 18.8. The number of nitrogens with one attached hydrogen (secondary N) is 2. The summed E-state index contributed by atoms with van der Waals surface area (Å²) in [5, 5.41) is 5.24. The number of hydrogen-bond donors (Lipinski definition) is 2. The minimum absolute atomic E-state index is 0.0298.